The van der Waals surface area contributed by atoms with Crippen LogP contribution >= 0.6 is 7.92 Å². The van der Waals surface area contributed by atoms with E-state index in [0.717, 1.165) is 6.16 Å². The van der Waals surface area contributed by atoms with Gasteiger partial charge in [-0.2, -0.15) is 0 Å². The van der Waals surface area contributed by atoms with E-state index in [9.17, 15) is 4.21 Å². The third kappa shape index (κ3) is 5.63. The molecule has 2 atom stereocenters. The second-order valence-electron chi connectivity index (χ2n) is 8.12. The maximum absolute atomic E-state index is 13.3. The molecule has 0 aliphatic heterocycles. The lowest BCUT2D eigenvalue weighted by molar-refractivity contribution is 0.422. The Labute approximate surface area is 179 Å². The third-order valence-corrected chi connectivity index (χ3v) is 9.28. The average Bonchev–Trinajstić information content (AvgIpc) is 2.75. The summed E-state index contributed by atoms with van der Waals surface area (Å²) in [6.07, 6.45) is 0.922. The van der Waals surface area contributed by atoms with Crippen LogP contribution in [0.4, 0.5) is 0 Å². The van der Waals surface area contributed by atoms with Crippen molar-refractivity contribution in [3.63, 3.8) is 0 Å². The molecule has 2 nitrogen and oxygen atoms in total. The van der Waals surface area contributed by atoms with Gasteiger partial charge in [0.2, 0.25) is 0 Å². The number of nitrogens with zero attached hydrogens (tertiary/aromatic N) is 1. The van der Waals surface area contributed by atoms with E-state index in [1.54, 1.807) is 0 Å². The molecule has 0 radical (unpaired) electrons. The standard InChI is InChI=1S/C25H30NOPS/c1-25(2,3)29(27)26(4)24(21-14-8-5-9-15-21)20-28(22-16-10-6-11-17-22)23-18-12-7-13-19-23/h5-19,24H,20H2,1-4H3. The molecule has 0 saturated heterocycles. The summed E-state index contributed by atoms with van der Waals surface area (Å²) >= 11 is 0. The summed E-state index contributed by atoms with van der Waals surface area (Å²) in [6, 6.07) is 32.1. The summed E-state index contributed by atoms with van der Waals surface area (Å²) in [5, 5.41) is 2.70. The summed E-state index contributed by atoms with van der Waals surface area (Å²) in [4.78, 5) is 0. The Kier molecular flexibility index (Phi) is 7.40. The molecule has 2 unspecified atom stereocenters. The minimum Gasteiger partial charge on any atom is -0.242 e. The lowest BCUT2D eigenvalue weighted by Gasteiger charge is -2.35. The van der Waals surface area contributed by atoms with Crippen molar-refractivity contribution in [2.45, 2.75) is 31.6 Å². The molecule has 0 bridgehead atoms. The average molecular weight is 424 g/mol. The van der Waals surface area contributed by atoms with Crippen LogP contribution in [0.1, 0.15) is 32.4 Å². The van der Waals surface area contributed by atoms with Crippen molar-refractivity contribution in [1.82, 2.24) is 4.31 Å². The van der Waals surface area contributed by atoms with Gasteiger partial charge in [-0.1, -0.05) is 91.0 Å². The molecule has 0 aliphatic carbocycles. The first-order chi connectivity index (χ1) is 13.9. The summed E-state index contributed by atoms with van der Waals surface area (Å²) < 4.78 is 15.0. The van der Waals surface area contributed by atoms with Crippen molar-refractivity contribution in [1.29, 1.82) is 0 Å². The van der Waals surface area contributed by atoms with Gasteiger partial charge in [0, 0.05) is 7.05 Å². The molecule has 0 aromatic heterocycles. The normalized spacial score (nSPS) is 14.1. The number of benzene rings is 3. The Bertz CT molecular complexity index is 870. The van der Waals surface area contributed by atoms with Crippen molar-refractivity contribution in [2.75, 3.05) is 13.2 Å². The van der Waals surface area contributed by atoms with Crippen LogP contribution in [0.3, 0.4) is 0 Å². The van der Waals surface area contributed by atoms with E-state index in [-0.39, 0.29) is 10.8 Å². The van der Waals surface area contributed by atoms with E-state index in [2.05, 4.69) is 89.2 Å². The molecule has 0 saturated carbocycles. The van der Waals surface area contributed by atoms with E-state index in [4.69, 9.17) is 0 Å². The van der Waals surface area contributed by atoms with E-state index in [1.165, 1.54) is 16.2 Å². The van der Waals surface area contributed by atoms with Crippen LogP contribution in [-0.4, -0.2) is 26.5 Å². The minimum absolute atomic E-state index is 0.0720. The molecule has 3 aromatic carbocycles. The lowest BCUT2D eigenvalue weighted by atomic mass is 10.1. The number of hydrogen-bond donors (Lipinski definition) is 0. The molecule has 0 amide bonds. The van der Waals surface area contributed by atoms with Crippen LogP contribution in [0.25, 0.3) is 0 Å². The zero-order chi connectivity index (χ0) is 20.9. The largest absolute Gasteiger partial charge is 0.242 e. The van der Waals surface area contributed by atoms with Crippen LogP contribution in [0.15, 0.2) is 91.0 Å². The van der Waals surface area contributed by atoms with Gasteiger partial charge in [0.1, 0.15) is 11.0 Å². The highest BCUT2D eigenvalue weighted by Gasteiger charge is 2.31. The fraction of sp³-hybridized carbons (Fsp3) is 0.280. The molecular weight excluding hydrogens is 393 g/mol. The van der Waals surface area contributed by atoms with E-state index in [0.29, 0.717) is 0 Å². The van der Waals surface area contributed by atoms with E-state index < -0.39 is 18.9 Å². The quantitative estimate of drug-likeness (QED) is 0.475. The van der Waals surface area contributed by atoms with Gasteiger partial charge < -0.3 is 0 Å². The van der Waals surface area contributed by atoms with Crippen LogP contribution in [0.5, 0.6) is 0 Å². The number of hydrogen-bond acceptors (Lipinski definition) is 1. The van der Waals surface area contributed by atoms with Gasteiger partial charge in [-0.3, -0.25) is 0 Å². The van der Waals surface area contributed by atoms with Crippen LogP contribution < -0.4 is 10.6 Å². The Morgan fingerprint density at radius 2 is 1.21 bits per heavy atom. The highest BCUT2D eigenvalue weighted by molar-refractivity contribution is 7.84. The topological polar surface area (TPSA) is 20.3 Å². The molecule has 0 fully saturated rings. The van der Waals surface area contributed by atoms with Gasteiger partial charge in [0.05, 0.1) is 10.8 Å². The maximum Gasteiger partial charge on any atom is 0.100 e. The Morgan fingerprint density at radius 3 is 1.62 bits per heavy atom. The van der Waals surface area contributed by atoms with Gasteiger partial charge in [-0.05, 0) is 51.0 Å². The Hall–Kier alpha value is -1.80. The van der Waals surface area contributed by atoms with Gasteiger partial charge >= 0.3 is 0 Å². The molecule has 0 N–H and O–H groups in total. The van der Waals surface area contributed by atoms with Crippen LogP contribution in [0, 0.1) is 0 Å². The van der Waals surface area contributed by atoms with Crippen molar-refractivity contribution >= 4 is 29.5 Å². The minimum atomic E-state index is -1.10. The smallest absolute Gasteiger partial charge is 0.100 e. The predicted molar refractivity (Wildman–Crippen MR) is 129 cm³/mol. The molecular formula is C25H30NOPS. The molecule has 4 heteroatoms. The van der Waals surface area contributed by atoms with Gasteiger partial charge in [-0.15, -0.1) is 0 Å². The summed E-state index contributed by atoms with van der Waals surface area (Å²) in [5.74, 6) is 0. The first-order valence-electron chi connectivity index (χ1n) is 9.95. The second kappa shape index (κ2) is 9.80. The SMILES string of the molecule is CN(C(CP(c1ccccc1)c1ccccc1)c1ccccc1)S(=O)C(C)(C)C. The molecule has 29 heavy (non-hydrogen) atoms. The predicted octanol–water partition coefficient (Wildman–Crippen LogP) is 5.25. The molecule has 0 spiro atoms. The second-order valence-corrected chi connectivity index (χ2v) is 12.7. The highest BCUT2D eigenvalue weighted by atomic mass is 32.2. The first kappa shape index (κ1) is 21.9. The fourth-order valence-corrected chi connectivity index (χ4v) is 7.39. The monoisotopic (exact) mass is 423 g/mol. The third-order valence-electron chi connectivity index (χ3n) is 4.90. The molecule has 152 valence electrons. The van der Waals surface area contributed by atoms with Crippen molar-refractivity contribution in [3.05, 3.63) is 96.6 Å². The molecule has 3 aromatic rings. The van der Waals surface area contributed by atoms with Crippen molar-refractivity contribution in [3.8, 4) is 0 Å². The number of rotatable bonds is 7. The molecule has 0 aliphatic rings. The van der Waals surface area contributed by atoms with Crippen LogP contribution in [-0.2, 0) is 11.0 Å². The Morgan fingerprint density at radius 1 is 0.793 bits per heavy atom. The Balaban J connectivity index is 2.03. The maximum atomic E-state index is 13.3. The zero-order valence-electron chi connectivity index (χ0n) is 17.7. The zero-order valence-corrected chi connectivity index (χ0v) is 19.4. The van der Waals surface area contributed by atoms with Crippen molar-refractivity contribution in [2.24, 2.45) is 0 Å². The van der Waals surface area contributed by atoms with Crippen LogP contribution in [0.2, 0.25) is 0 Å². The van der Waals surface area contributed by atoms with E-state index >= 15 is 0 Å². The van der Waals surface area contributed by atoms with Crippen molar-refractivity contribution < 1.29 is 4.21 Å². The summed E-state index contributed by atoms with van der Waals surface area (Å²) in [7, 11) is 0.321. The van der Waals surface area contributed by atoms with Gasteiger partial charge in [0.25, 0.3) is 0 Å². The lowest BCUT2D eigenvalue weighted by Crippen LogP contribution is -2.39. The molecule has 0 heterocycles. The highest BCUT2D eigenvalue weighted by Crippen LogP contribution is 2.41. The fourth-order valence-electron chi connectivity index (χ4n) is 3.40. The van der Waals surface area contributed by atoms with Gasteiger partial charge in [-0.25, -0.2) is 8.51 Å². The summed E-state index contributed by atoms with van der Waals surface area (Å²) in [5.41, 5.74) is 1.21. The van der Waals surface area contributed by atoms with E-state index in [1.807, 2.05) is 33.9 Å². The summed E-state index contributed by atoms with van der Waals surface area (Å²) in [6.45, 7) is 6.12. The van der Waals surface area contributed by atoms with Gasteiger partial charge in [0.15, 0.2) is 0 Å². The first-order valence-corrected chi connectivity index (χ1v) is 12.6. The molecule has 3 rings (SSSR count).